The van der Waals surface area contributed by atoms with Crippen LogP contribution in [0.4, 0.5) is 11.4 Å². The van der Waals surface area contributed by atoms with Gasteiger partial charge >= 0.3 is 0 Å². The minimum Gasteiger partial charge on any atom is -0.381 e. The molecule has 1 saturated heterocycles. The molecule has 0 atom stereocenters. The Balaban J connectivity index is 1.62. The van der Waals surface area contributed by atoms with Crippen molar-refractivity contribution in [1.82, 2.24) is 4.31 Å². The van der Waals surface area contributed by atoms with Crippen molar-refractivity contribution >= 4 is 21.4 Å². The van der Waals surface area contributed by atoms with Gasteiger partial charge in [0.2, 0.25) is 10.0 Å². The zero-order chi connectivity index (χ0) is 20.1. The van der Waals surface area contributed by atoms with Crippen LogP contribution in [0, 0.1) is 22.0 Å². The largest absolute Gasteiger partial charge is 0.381 e. The summed E-state index contributed by atoms with van der Waals surface area (Å²) in [5.41, 5.74) is 0.115. The molecular formula is C19H29N3O5S. The standard InChI is InChI=1S/C19H29N3O5S/c1-15-7-10-21(11-8-15)28(25,26)17-5-6-18(19(13-17)22(23)24)20-9-2-12-27-14-16-3-4-16/h5-6,13,15-16,20H,2-4,7-12,14H2,1H3. The van der Waals surface area contributed by atoms with E-state index in [2.05, 4.69) is 12.2 Å². The van der Waals surface area contributed by atoms with Gasteiger partial charge in [0, 0.05) is 38.9 Å². The topological polar surface area (TPSA) is 102 Å². The molecule has 0 aromatic heterocycles. The van der Waals surface area contributed by atoms with E-state index in [-0.39, 0.29) is 10.6 Å². The molecule has 0 bridgehead atoms. The molecule has 1 aliphatic carbocycles. The second-order valence-electron chi connectivity index (χ2n) is 7.82. The van der Waals surface area contributed by atoms with E-state index in [0.29, 0.717) is 43.8 Å². The first-order valence-electron chi connectivity index (χ1n) is 9.98. The van der Waals surface area contributed by atoms with Gasteiger partial charge < -0.3 is 10.1 Å². The number of hydrogen-bond acceptors (Lipinski definition) is 6. The minimum absolute atomic E-state index is 0.0212. The van der Waals surface area contributed by atoms with Crippen LogP contribution in [-0.4, -0.2) is 50.5 Å². The van der Waals surface area contributed by atoms with Crippen LogP contribution in [0.2, 0.25) is 0 Å². The average Bonchev–Trinajstić information content (AvgIpc) is 3.49. The smallest absolute Gasteiger partial charge is 0.293 e. The fourth-order valence-electron chi connectivity index (χ4n) is 3.28. The SMILES string of the molecule is CC1CCN(S(=O)(=O)c2ccc(NCCCOCC3CC3)c([N+](=O)[O-])c2)CC1. The zero-order valence-corrected chi connectivity index (χ0v) is 17.1. The highest BCUT2D eigenvalue weighted by Crippen LogP contribution is 2.31. The molecule has 3 rings (SSSR count). The van der Waals surface area contributed by atoms with Crippen molar-refractivity contribution in [2.45, 2.75) is 43.9 Å². The highest BCUT2D eigenvalue weighted by molar-refractivity contribution is 7.89. The van der Waals surface area contributed by atoms with Crippen molar-refractivity contribution in [3.8, 4) is 0 Å². The summed E-state index contributed by atoms with van der Waals surface area (Å²) in [4.78, 5) is 10.9. The summed E-state index contributed by atoms with van der Waals surface area (Å²) < 4.78 is 32.7. The number of nitrogens with zero attached hydrogens (tertiary/aromatic N) is 2. The number of ether oxygens (including phenoxy) is 1. The van der Waals surface area contributed by atoms with Crippen LogP contribution in [0.5, 0.6) is 0 Å². The molecule has 0 amide bonds. The molecule has 1 aliphatic heterocycles. The molecule has 9 heteroatoms. The third-order valence-electron chi connectivity index (χ3n) is 5.38. The molecule has 1 aromatic carbocycles. The number of piperidine rings is 1. The monoisotopic (exact) mass is 411 g/mol. The molecule has 156 valence electrons. The van der Waals surface area contributed by atoms with Crippen LogP contribution in [-0.2, 0) is 14.8 Å². The normalized spacial score (nSPS) is 18.9. The van der Waals surface area contributed by atoms with E-state index in [1.54, 1.807) is 0 Å². The molecule has 2 fully saturated rings. The second-order valence-corrected chi connectivity index (χ2v) is 9.76. The highest BCUT2D eigenvalue weighted by atomic mass is 32.2. The van der Waals surface area contributed by atoms with Gasteiger partial charge in [-0.3, -0.25) is 10.1 Å². The zero-order valence-electron chi connectivity index (χ0n) is 16.3. The summed E-state index contributed by atoms with van der Waals surface area (Å²) >= 11 is 0. The predicted molar refractivity (Wildman–Crippen MR) is 107 cm³/mol. The Morgan fingerprint density at radius 1 is 1.25 bits per heavy atom. The first-order valence-corrected chi connectivity index (χ1v) is 11.4. The number of rotatable bonds is 10. The third kappa shape index (κ3) is 5.42. The van der Waals surface area contributed by atoms with E-state index >= 15 is 0 Å². The van der Waals surface area contributed by atoms with Gasteiger partial charge in [-0.05, 0) is 56.1 Å². The molecule has 0 unspecified atom stereocenters. The Morgan fingerprint density at radius 2 is 1.96 bits per heavy atom. The summed E-state index contributed by atoms with van der Waals surface area (Å²) in [6.45, 7) is 4.95. The van der Waals surface area contributed by atoms with E-state index in [9.17, 15) is 18.5 Å². The lowest BCUT2D eigenvalue weighted by Crippen LogP contribution is -2.37. The maximum Gasteiger partial charge on any atom is 0.293 e. The lowest BCUT2D eigenvalue weighted by molar-refractivity contribution is -0.384. The van der Waals surface area contributed by atoms with Crippen LogP contribution in [0.25, 0.3) is 0 Å². The van der Waals surface area contributed by atoms with Gasteiger partial charge in [-0.25, -0.2) is 8.42 Å². The van der Waals surface area contributed by atoms with Crippen molar-refractivity contribution < 1.29 is 18.1 Å². The molecule has 1 saturated carbocycles. The van der Waals surface area contributed by atoms with E-state index in [0.717, 1.165) is 25.9 Å². The number of nitro benzene ring substituents is 1. The van der Waals surface area contributed by atoms with Gasteiger partial charge in [-0.1, -0.05) is 6.92 Å². The number of nitrogens with one attached hydrogen (secondary N) is 1. The first kappa shape index (κ1) is 21.0. The van der Waals surface area contributed by atoms with Gasteiger partial charge in [0.05, 0.1) is 9.82 Å². The Hall–Kier alpha value is -1.71. The number of nitro groups is 1. The lowest BCUT2D eigenvalue weighted by atomic mass is 10.0. The van der Waals surface area contributed by atoms with Crippen LogP contribution in [0.1, 0.15) is 39.0 Å². The van der Waals surface area contributed by atoms with E-state index < -0.39 is 14.9 Å². The Bertz CT molecular complexity index is 787. The molecule has 1 heterocycles. The fraction of sp³-hybridized carbons (Fsp3) is 0.684. The third-order valence-corrected chi connectivity index (χ3v) is 7.27. The quantitative estimate of drug-likeness (QED) is 0.360. The van der Waals surface area contributed by atoms with Gasteiger partial charge in [0.1, 0.15) is 5.69 Å². The van der Waals surface area contributed by atoms with Gasteiger partial charge in [0.25, 0.3) is 5.69 Å². The summed E-state index contributed by atoms with van der Waals surface area (Å²) in [5, 5.41) is 14.5. The average molecular weight is 412 g/mol. The summed E-state index contributed by atoms with van der Waals surface area (Å²) in [6.07, 6.45) is 4.84. The molecule has 28 heavy (non-hydrogen) atoms. The van der Waals surface area contributed by atoms with E-state index in [1.165, 1.54) is 35.3 Å². The van der Waals surface area contributed by atoms with E-state index in [4.69, 9.17) is 4.74 Å². The highest BCUT2D eigenvalue weighted by Gasteiger charge is 2.30. The van der Waals surface area contributed by atoms with Crippen molar-refractivity contribution in [3.05, 3.63) is 28.3 Å². The molecule has 1 aromatic rings. The van der Waals surface area contributed by atoms with E-state index in [1.807, 2.05) is 0 Å². The minimum atomic E-state index is -3.71. The fourth-order valence-corrected chi connectivity index (χ4v) is 4.77. The summed E-state index contributed by atoms with van der Waals surface area (Å²) in [7, 11) is -3.71. The lowest BCUT2D eigenvalue weighted by Gasteiger charge is -2.29. The van der Waals surface area contributed by atoms with Crippen molar-refractivity contribution in [1.29, 1.82) is 0 Å². The Kier molecular flexibility index (Phi) is 6.90. The maximum atomic E-state index is 12.8. The van der Waals surface area contributed by atoms with Crippen LogP contribution < -0.4 is 5.32 Å². The molecule has 1 N–H and O–H groups in total. The molecule has 0 spiro atoms. The molecular weight excluding hydrogens is 382 g/mol. The number of sulfonamides is 1. The second kappa shape index (κ2) is 9.19. The van der Waals surface area contributed by atoms with Crippen molar-refractivity contribution in [3.63, 3.8) is 0 Å². The van der Waals surface area contributed by atoms with Crippen molar-refractivity contribution in [2.75, 3.05) is 38.2 Å². The van der Waals surface area contributed by atoms with Gasteiger partial charge in [-0.2, -0.15) is 4.31 Å². The summed E-state index contributed by atoms with van der Waals surface area (Å²) in [5.74, 6) is 1.22. The van der Waals surface area contributed by atoms with Crippen molar-refractivity contribution in [2.24, 2.45) is 11.8 Å². The number of benzene rings is 1. The predicted octanol–water partition coefficient (Wildman–Crippen LogP) is 3.24. The van der Waals surface area contributed by atoms with Gasteiger partial charge in [-0.15, -0.1) is 0 Å². The van der Waals surface area contributed by atoms with Crippen LogP contribution in [0.3, 0.4) is 0 Å². The Morgan fingerprint density at radius 3 is 2.61 bits per heavy atom. The Labute approximate surface area is 166 Å². The molecule has 2 aliphatic rings. The molecule has 0 radical (unpaired) electrons. The molecule has 8 nitrogen and oxygen atoms in total. The maximum absolute atomic E-state index is 12.8. The number of anilines is 1. The first-order chi connectivity index (χ1) is 13.4. The van der Waals surface area contributed by atoms with Crippen LogP contribution >= 0.6 is 0 Å². The summed E-state index contributed by atoms with van der Waals surface area (Å²) in [6, 6.07) is 4.11. The van der Waals surface area contributed by atoms with Crippen LogP contribution in [0.15, 0.2) is 23.1 Å². The van der Waals surface area contributed by atoms with Gasteiger partial charge in [0.15, 0.2) is 0 Å². The number of hydrogen-bond donors (Lipinski definition) is 1.